The standard InChI is InChI=1S/C16H30N4O2S2.HI/c1-7-17-15(18-10-14-20-12(2)13(3)23-14)19-11-16(4,5)8-9-24(6,21)22;/h7-11H2,1-6H3,(H2,17,18,19);1H. The summed E-state index contributed by atoms with van der Waals surface area (Å²) in [4.78, 5) is 10.3. The number of aryl methyl sites for hydroxylation is 2. The van der Waals surface area contributed by atoms with E-state index < -0.39 is 9.84 Å². The molecule has 0 fully saturated rings. The molecule has 0 aliphatic carbocycles. The average molecular weight is 502 g/mol. The van der Waals surface area contributed by atoms with Crippen LogP contribution >= 0.6 is 35.3 Å². The van der Waals surface area contributed by atoms with Crippen LogP contribution in [-0.4, -0.2) is 44.5 Å². The van der Waals surface area contributed by atoms with Crippen molar-refractivity contribution in [2.45, 2.75) is 47.6 Å². The number of hydrogen-bond acceptors (Lipinski definition) is 5. The van der Waals surface area contributed by atoms with Crippen molar-refractivity contribution in [2.24, 2.45) is 10.4 Å². The van der Waals surface area contributed by atoms with E-state index >= 15 is 0 Å². The fourth-order valence-corrected chi connectivity index (χ4v) is 3.75. The van der Waals surface area contributed by atoms with E-state index in [0.29, 0.717) is 19.5 Å². The van der Waals surface area contributed by atoms with E-state index in [1.807, 2.05) is 13.8 Å². The Bertz CT molecular complexity index is 650. The van der Waals surface area contributed by atoms with Gasteiger partial charge >= 0.3 is 0 Å². The van der Waals surface area contributed by atoms with Crippen LogP contribution in [0.15, 0.2) is 4.99 Å². The fourth-order valence-electron chi connectivity index (χ4n) is 1.97. The van der Waals surface area contributed by atoms with Gasteiger partial charge in [0.15, 0.2) is 5.96 Å². The molecule has 2 N–H and O–H groups in total. The second-order valence-electron chi connectivity index (χ2n) is 6.84. The van der Waals surface area contributed by atoms with E-state index in [0.717, 1.165) is 23.2 Å². The lowest BCUT2D eigenvalue weighted by molar-refractivity contribution is 0.348. The average Bonchev–Trinajstić information content (AvgIpc) is 2.78. The normalized spacial score (nSPS) is 12.6. The molecule has 1 heterocycles. The van der Waals surface area contributed by atoms with Crippen molar-refractivity contribution in [1.29, 1.82) is 0 Å². The largest absolute Gasteiger partial charge is 0.357 e. The van der Waals surface area contributed by atoms with Crippen LogP contribution in [0.2, 0.25) is 0 Å². The second-order valence-corrected chi connectivity index (χ2v) is 10.4. The maximum Gasteiger partial charge on any atom is 0.191 e. The van der Waals surface area contributed by atoms with Gasteiger partial charge in [0.1, 0.15) is 14.8 Å². The van der Waals surface area contributed by atoms with Crippen molar-refractivity contribution in [3.8, 4) is 0 Å². The maximum absolute atomic E-state index is 11.3. The van der Waals surface area contributed by atoms with E-state index in [2.05, 4.69) is 41.4 Å². The van der Waals surface area contributed by atoms with E-state index in [-0.39, 0.29) is 35.1 Å². The summed E-state index contributed by atoms with van der Waals surface area (Å²) < 4.78 is 22.7. The first-order valence-electron chi connectivity index (χ1n) is 8.15. The van der Waals surface area contributed by atoms with Gasteiger partial charge < -0.3 is 10.6 Å². The molecule has 1 aromatic rings. The zero-order chi connectivity index (χ0) is 18.4. The lowest BCUT2D eigenvalue weighted by Crippen LogP contribution is -2.42. The Morgan fingerprint density at radius 2 is 1.92 bits per heavy atom. The summed E-state index contributed by atoms with van der Waals surface area (Å²) >= 11 is 1.67. The number of sulfone groups is 1. The molecule has 1 rings (SSSR count). The molecule has 0 amide bonds. The molecular formula is C16H31IN4O2S2. The summed E-state index contributed by atoms with van der Waals surface area (Å²) in [5, 5.41) is 7.53. The number of aliphatic imine (C=N–C) groups is 1. The van der Waals surface area contributed by atoms with E-state index in [1.54, 1.807) is 11.3 Å². The smallest absolute Gasteiger partial charge is 0.191 e. The zero-order valence-corrected chi connectivity index (χ0v) is 19.9. The molecule has 0 saturated carbocycles. The van der Waals surface area contributed by atoms with Gasteiger partial charge in [0, 0.05) is 24.2 Å². The minimum absolute atomic E-state index is 0. The second kappa shape index (κ2) is 10.7. The topological polar surface area (TPSA) is 83.4 Å². The van der Waals surface area contributed by atoms with Gasteiger partial charge in [0.25, 0.3) is 0 Å². The number of thiazole rings is 1. The summed E-state index contributed by atoms with van der Waals surface area (Å²) in [6.07, 6.45) is 1.89. The zero-order valence-electron chi connectivity index (χ0n) is 16.0. The number of rotatable bonds is 8. The van der Waals surface area contributed by atoms with Crippen molar-refractivity contribution in [1.82, 2.24) is 15.6 Å². The lowest BCUT2D eigenvalue weighted by atomic mass is 9.90. The molecule has 0 radical (unpaired) electrons. The number of aromatic nitrogens is 1. The van der Waals surface area contributed by atoms with Crippen molar-refractivity contribution >= 4 is 51.1 Å². The molecule has 0 spiro atoms. The predicted octanol–water partition coefficient (Wildman–Crippen LogP) is 2.89. The number of hydrogen-bond donors (Lipinski definition) is 2. The van der Waals surface area contributed by atoms with Gasteiger partial charge in [-0.05, 0) is 32.6 Å². The maximum atomic E-state index is 11.3. The summed E-state index contributed by atoms with van der Waals surface area (Å²) in [5.74, 6) is 0.933. The van der Waals surface area contributed by atoms with Gasteiger partial charge in [-0.15, -0.1) is 35.3 Å². The van der Waals surface area contributed by atoms with Gasteiger partial charge in [0.05, 0.1) is 18.0 Å². The Morgan fingerprint density at radius 3 is 2.40 bits per heavy atom. The molecule has 0 aromatic carbocycles. The number of nitrogens with one attached hydrogen (secondary N) is 2. The molecular weight excluding hydrogens is 471 g/mol. The van der Waals surface area contributed by atoms with Crippen molar-refractivity contribution < 1.29 is 8.42 Å². The first kappa shape index (κ1) is 24.6. The summed E-state index contributed by atoms with van der Waals surface area (Å²) in [6.45, 7) is 12.2. The van der Waals surface area contributed by atoms with Crippen molar-refractivity contribution in [3.05, 3.63) is 15.6 Å². The molecule has 0 aliphatic rings. The van der Waals surface area contributed by atoms with Crippen molar-refractivity contribution in [3.63, 3.8) is 0 Å². The molecule has 146 valence electrons. The molecule has 0 saturated heterocycles. The minimum Gasteiger partial charge on any atom is -0.357 e. The van der Waals surface area contributed by atoms with Crippen LogP contribution in [0.4, 0.5) is 0 Å². The quantitative estimate of drug-likeness (QED) is 0.325. The van der Waals surface area contributed by atoms with Gasteiger partial charge in [-0.3, -0.25) is 0 Å². The molecule has 9 heteroatoms. The predicted molar refractivity (Wildman–Crippen MR) is 118 cm³/mol. The van der Waals surface area contributed by atoms with Gasteiger partial charge in [0.2, 0.25) is 0 Å². The fraction of sp³-hybridized carbons (Fsp3) is 0.750. The molecule has 6 nitrogen and oxygen atoms in total. The number of nitrogens with zero attached hydrogens (tertiary/aromatic N) is 2. The molecule has 0 bridgehead atoms. The highest BCUT2D eigenvalue weighted by Crippen LogP contribution is 2.20. The van der Waals surface area contributed by atoms with Gasteiger partial charge in [-0.25, -0.2) is 18.4 Å². The number of guanidine groups is 1. The highest BCUT2D eigenvalue weighted by molar-refractivity contribution is 14.0. The van der Waals surface area contributed by atoms with Crippen LogP contribution in [0.3, 0.4) is 0 Å². The molecule has 0 atom stereocenters. The Labute approximate surface area is 173 Å². The van der Waals surface area contributed by atoms with Crippen LogP contribution < -0.4 is 10.6 Å². The first-order chi connectivity index (χ1) is 11.0. The monoisotopic (exact) mass is 502 g/mol. The lowest BCUT2D eigenvalue weighted by Gasteiger charge is -2.25. The third kappa shape index (κ3) is 10.3. The van der Waals surface area contributed by atoms with E-state index in [4.69, 9.17) is 0 Å². The SMILES string of the molecule is CCNC(=NCc1nc(C)c(C)s1)NCC(C)(C)CCS(C)(=O)=O.I. The van der Waals surface area contributed by atoms with Crippen LogP contribution in [0.5, 0.6) is 0 Å². The minimum atomic E-state index is -2.93. The molecule has 0 aliphatic heterocycles. The van der Waals surface area contributed by atoms with Crippen LogP contribution in [-0.2, 0) is 16.4 Å². The summed E-state index contributed by atoms with van der Waals surface area (Å²) in [5.41, 5.74) is 0.929. The van der Waals surface area contributed by atoms with Gasteiger partial charge in [-0.2, -0.15) is 0 Å². The van der Waals surface area contributed by atoms with Crippen LogP contribution in [0.25, 0.3) is 0 Å². The highest BCUT2D eigenvalue weighted by atomic mass is 127. The summed E-state index contributed by atoms with van der Waals surface area (Å²) in [7, 11) is -2.93. The van der Waals surface area contributed by atoms with Crippen molar-refractivity contribution in [2.75, 3.05) is 25.1 Å². The van der Waals surface area contributed by atoms with Crippen LogP contribution in [0.1, 0.15) is 42.8 Å². The summed E-state index contributed by atoms with van der Waals surface area (Å²) in [6, 6.07) is 0. The first-order valence-corrected chi connectivity index (χ1v) is 11.0. The van der Waals surface area contributed by atoms with E-state index in [1.165, 1.54) is 11.1 Å². The Morgan fingerprint density at radius 1 is 1.28 bits per heavy atom. The molecule has 0 unspecified atom stereocenters. The van der Waals surface area contributed by atoms with E-state index in [9.17, 15) is 8.42 Å². The Balaban J connectivity index is 0.00000576. The highest BCUT2D eigenvalue weighted by Gasteiger charge is 2.20. The third-order valence-corrected chi connectivity index (χ3v) is 5.68. The third-order valence-electron chi connectivity index (χ3n) is 3.67. The Kier molecular flexibility index (Phi) is 10.5. The molecule has 25 heavy (non-hydrogen) atoms. The number of halogens is 1. The molecule has 1 aromatic heterocycles. The van der Waals surface area contributed by atoms with Gasteiger partial charge in [-0.1, -0.05) is 13.8 Å². The Hall–Kier alpha value is -0.420. The van der Waals surface area contributed by atoms with Crippen LogP contribution in [0, 0.1) is 19.3 Å².